The summed E-state index contributed by atoms with van der Waals surface area (Å²) in [6, 6.07) is 2.34. The molecule has 2 saturated heterocycles. The number of hydrogen-bond donors (Lipinski definition) is 1. The van der Waals surface area contributed by atoms with E-state index in [1.54, 1.807) is 0 Å². The third-order valence-electron chi connectivity index (χ3n) is 4.05. The maximum atomic E-state index is 12.7. The van der Waals surface area contributed by atoms with E-state index in [1.807, 2.05) is 4.90 Å². The van der Waals surface area contributed by atoms with Crippen molar-refractivity contribution in [1.29, 1.82) is 0 Å². The van der Waals surface area contributed by atoms with Gasteiger partial charge < -0.3 is 10.0 Å². The maximum Gasteiger partial charge on any atom is 0.416 e. The molecule has 6 heteroatoms. The number of pyridine rings is 1. The second-order valence-electron chi connectivity index (χ2n) is 5.32. The van der Waals surface area contributed by atoms with E-state index in [-0.39, 0.29) is 18.2 Å². The Morgan fingerprint density at radius 2 is 1.84 bits per heavy atom. The third-order valence-corrected chi connectivity index (χ3v) is 4.05. The predicted molar refractivity (Wildman–Crippen MR) is 63.8 cm³/mol. The summed E-state index contributed by atoms with van der Waals surface area (Å²) in [5, 5.41) is 9.71. The number of rotatable bonds is 1. The molecule has 2 atom stereocenters. The zero-order valence-electron chi connectivity index (χ0n) is 10.3. The van der Waals surface area contributed by atoms with E-state index in [1.165, 1.54) is 6.20 Å². The summed E-state index contributed by atoms with van der Waals surface area (Å²) in [7, 11) is 0. The van der Waals surface area contributed by atoms with E-state index in [0.29, 0.717) is 18.7 Å². The fourth-order valence-corrected chi connectivity index (χ4v) is 3.26. The molecule has 3 heterocycles. The number of hydrogen-bond acceptors (Lipinski definition) is 3. The van der Waals surface area contributed by atoms with Gasteiger partial charge in [0.2, 0.25) is 0 Å². The molecule has 2 aliphatic heterocycles. The fraction of sp³-hybridized carbons (Fsp3) is 0.615. The van der Waals surface area contributed by atoms with Crippen LogP contribution >= 0.6 is 0 Å². The lowest BCUT2D eigenvalue weighted by atomic mass is 10.00. The van der Waals surface area contributed by atoms with E-state index in [4.69, 9.17) is 0 Å². The van der Waals surface area contributed by atoms with Crippen molar-refractivity contribution < 1.29 is 18.3 Å². The average Bonchev–Trinajstić information content (AvgIpc) is 2.61. The first-order chi connectivity index (χ1) is 8.95. The number of nitrogens with zero attached hydrogens (tertiary/aromatic N) is 2. The second-order valence-corrected chi connectivity index (χ2v) is 5.32. The molecule has 0 saturated carbocycles. The van der Waals surface area contributed by atoms with Crippen LogP contribution in [-0.2, 0) is 6.18 Å². The first-order valence-corrected chi connectivity index (χ1v) is 6.45. The minimum absolute atomic E-state index is 0.115. The second kappa shape index (κ2) is 4.37. The maximum absolute atomic E-state index is 12.7. The van der Waals surface area contributed by atoms with Crippen molar-refractivity contribution in [2.24, 2.45) is 0 Å². The van der Waals surface area contributed by atoms with Crippen molar-refractivity contribution in [3.8, 4) is 0 Å². The highest BCUT2D eigenvalue weighted by atomic mass is 19.4. The van der Waals surface area contributed by atoms with Gasteiger partial charge >= 0.3 is 6.18 Å². The molecule has 3 rings (SSSR count). The van der Waals surface area contributed by atoms with Crippen molar-refractivity contribution in [2.45, 2.75) is 50.0 Å². The Bertz CT molecular complexity index is 463. The molecule has 0 aromatic carbocycles. The highest BCUT2D eigenvalue weighted by Crippen LogP contribution is 2.40. The van der Waals surface area contributed by atoms with Crippen molar-refractivity contribution in [3.63, 3.8) is 0 Å². The number of fused-ring (bicyclic) bond motifs is 2. The Balaban J connectivity index is 1.91. The van der Waals surface area contributed by atoms with Gasteiger partial charge in [-0.05, 0) is 37.8 Å². The largest absolute Gasteiger partial charge is 0.416 e. The van der Waals surface area contributed by atoms with Gasteiger partial charge in [0, 0.05) is 18.3 Å². The first kappa shape index (κ1) is 12.7. The van der Waals surface area contributed by atoms with E-state index >= 15 is 0 Å². The Labute approximate surface area is 109 Å². The molecule has 19 heavy (non-hydrogen) atoms. The Morgan fingerprint density at radius 1 is 1.21 bits per heavy atom. The van der Waals surface area contributed by atoms with E-state index in [0.717, 1.165) is 25.0 Å². The van der Waals surface area contributed by atoms with Gasteiger partial charge in [-0.3, -0.25) is 0 Å². The van der Waals surface area contributed by atoms with E-state index < -0.39 is 11.7 Å². The molecule has 0 aliphatic carbocycles. The lowest BCUT2D eigenvalue weighted by molar-refractivity contribution is -0.137. The topological polar surface area (TPSA) is 36.4 Å². The van der Waals surface area contributed by atoms with E-state index in [9.17, 15) is 18.3 Å². The summed E-state index contributed by atoms with van der Waals surface area (Å²) in [6.07, 6.45) is -0.392. The minimum atomic E-state index is -4.34. The summed E-state index contributed by atoms with van der Waals surface area (Å²) < 4.78 is 38.2. The molecular formula is C13H15F3N2O. The Morgan fingerprint density at radius 3 is 2.42 bits per heavy atom. The third kappa shape index (κ3) is 2.29. The SMILES string of the molecule is OC1CC2CCC(C1)N2c1cc(C(F)(F)F)ccn1. The summed E-state index contributed by atoms with van der Waals surface area (Å²) in [6.45, 7) is 0. The van der Waals surface area contributed by atoms with Gasteiger partial charge in [0.1, 0.15) is 5.82 Å². The summed E-state index contributed by atoms with van der Waals surface area (Å²) in [5.41, 5.74) is -0.664. The number of aliphatic hydroxyl groups excluding tert-OH is 1. The van der Waals surface area contributed by atoms with Crippen LogP contribution in [0.2, 0.25) is 0 Å². The van der Waals surface area contributed by atoms with Gasteiger partial charge in [-0.25, -0.2) is 4.98 Å². The molecule has 0 amide bonds. The molecule has 0 spiro atoms. The van der Waals surface area contributed by atoms with Gasteiger partial charge in [0.15, 0.2) is 0 Å². The van der Waals surface area contributed by atoms with Gasteiger partial charge in [-0.1, -0.05) is 0 Å². The van der Waals surface area contributed by atoms with Gasteiger partial charge in [-0.2, -0.15) is 13.2 Å². The van der Waals surface area contributed by atoms with Crippen LogP contribution in [0.5, 0.6) is 0 Å². The molecule has 104 valence electrons. The number of anilines is 1. The Hall–Kier alpha value is -1.30. The number of alkyl halides is 3. The lowest BCUT2D eigenvalue weighted by Crippen LogP contribution is -2.45. The molecule has 1 aromatic rings. The highest BCUT2D eigenvalue weighted by molar-refractivity contribution is 5.46. The molecule has 2 aliphatic rings. The van der Waals surface area contributed by atoms with Crippen LogP contribution < -0.4 is 4.90 Å². The molecule has 1 N–H and O–H groups in total. The monoisotopic (exact) mass is 272 g/mol. The standard InChI is InChI=1S/C13H15F3N2O/c14-13(15,16)8-3-4-17-12(5-8)18-9-1-2-10(18)7-11(19)6-9/h3-5,9-11,19H,1-2,6-7H2. The van der Waals surface area contributed by atoms with Crippen LogP contribution in [0.15, 0.2) is 18.3 Å². The average molecular weight is 272 g/mol. The normalized spacial score (nSPS) is 30.7. The van der Waals surface area contributed by atoms with E-state index in [2.05, 4.69) is 4.98 Å². The van der Waals surface area contributed by atoms with Crippen molar-refractivity contribution >= 4 is 5.82 Å². The van der Waals surface area contributed by atoms with Gasteiger partial charge in [-0.15, -0.1) is 0 Å². The predicted octanol–water partition coefficient (Wildman–Crippen LogP) is 2.59. The van der Waals surface area contributed by atoms with Crippen molar-refractivity contribution in [1.82, 2.24) is 4.98 Å². The van der Waals surface area contributed by atoms with Crippen LogP contribution in [0.1, 0.15) is 31.2 Å². The zero-order chi connectivity index (χ0) is 13.6. The fourth-order valence-electron chi connectivity index (χ4n) is 3.26. The molecular weight excluding hydrogens is 257 g/mol. The number of piperidine rings is 1. The van der Waals surface area contributed by atoms with Crippen LogP contribution in [0, 0.1) is 0 Å². The molecule has 2 unspecified atom stereocenters. The van der Waals surface area contributed by atoms with Crippen molar-refractivity contribution in [3.05, 3.63) is 23.9 Å². The Kier molecular flexibility index (Phi) is 2.92. The number of aromatic nitrogens is 1. The summed E-state index contributed by atoms with van der Waals surface area (Å²) in [5.74, 6) is 0.384. The number of halogens is 3. The van der Waals surface area contributed by atoms with Crippen LogP contribution in [0.4, 0.5) is 19.0 Å². The van der Waals surface area contributed by atoms with Crippen LogP contribution in [0.25, 0.3) is 0 Å². The molecule has 1 aromatic heterocycles. The molecule has 0 radical (unpaired) electrons. The zero-order valence-corrected chi connectivity index (χ0v) is 10.3. The quantitative estimate of drug-likeness (QED) is 0.853. The minimum Gasteiger partial charge on any atom is -0.393 e. The molecule has 2 bridgehead atoms. The van der Waals surface area contributed by atoms with Crippen molar-refractivity contribution in [2.75, 3.05) is 4.90 Å². The summed E-state index contributed by atoms with van der Waals surface area (Å²) >= 11 is 0. The number of aliphatic hydroxyl groups is 1. The molecule has 3 nitrogen and oxygen atoms in total. The first-order valence-electron chi connectivity index (χ1n) is 6.45. The van der Waals surface area contributed by atoms with Gasteiger partial charge in [0.25, 0.3) is 0 Å². The van der Waals surface area contributed by atoms with Crippen LogP contribution in [0.3, 0.4) is 0 Å². The summed E-state index contributed by atoms with van der Waals surface area (Å²) in [4.78, 5) is 6.05. The van der Waals surface area contributed by atoms with Crippen LogP contribution in [-0.4, -0.2) is 28.3 Å². The lowest BCUT2D eigenvalue weighted by Gasteiger charge is -2.38. The smallest absolute Gasteiger partial charge is 0.393 e. The van der Waals surface area contributed by atoms with Gasteiger partial charge in [0.05, 0.1) is 11.7 Å². The highest BCUT2D eigenvalue weighted by Gasteiger charge is 2.41. The molecule has 2 fully saturated rings.